The molecule has 20 heavy (non-hydrogen) atoms. The maximum Gasteiger partial charge on any atom is 0.410 e. The summed E-state index contributed by atoms with van der Waals surface area (Å²) in [4.78, 5) is 13.5. The second-order valence-corrected chi connectivity index (χ2v) is 6.63. The van der Waals surface area contributed by atoms with Gasteiger partial charge in [0.05, 0.1) is 6.54 Å². The van der Waals surface area contributed by atoms with Crippen molar-refractivity contribution in [3.05, 3.63) is 34.9 Å². The largest absolute Gasteiger partial charge is 0.444 e. The molecule has 0 aromatic heterocycles. The maximum absolute atomic E-state index is 12.0. The van der Waals surface area contributed by atoms with Crippen LogP contribution in [0.4, 0.5) is 4.79 Å². The molecule has 110 valence electrons. The van der Waals surface area contributed by atoms with Gasteiger partial charge in [0, 0.05) is 11.6 Å². The lowest BCUT2D eigenvalue weighted by atomic mass is 9.93. The SMILES string of the molecule is CC(C)(C)OC(=O)N1CC[C@](O)(c2ccc(Cl)cc2)C1. The molecule has 2 rings (SSSR count). The fourth-order valence-electron chi connectivity index (χ4n) is 2.27. The number of benzene rings is 1. The first kappa shape index (κ1) is 15.1. The molecule has 1 aliphatic heterocycles. The van der Waals surface area contributed by atoms with E-state index in [1.165, 1.54) is 0 Å². The predicted octanol–water partition coefficient (Wildman–Crippen LogP) is 3.17. The number of nitrogens with zero attached hydrogens (tertiary/aromatic N) is 1. The van der Waals surface area contributed by atoms with E-state index in [1.54, 1.807) is 29.2 Å². The van der Waals surface area contributed by atoms with E-state index in [2.05, 4.69) is 0 Å². The van der Waals surface area contributed by atoms with Crippen LogP contribution in [0.5, 0.6) is 0 Å². The van der Waals surface area contributed by atoms with Crippen LogP contribution in [0.2, 0.25) is 5.02 Å². The average Bonchev–Trinajstić information content (AvgIpc) is 2.72. The van der Waals surface area contributed by atoms with Crippen molar-refractivity contribution in [3.63, 3.8) is 0 Å². The third-order valence-corrected chi connectivity index (χ3v) is 3.53. The first-order valence-corrected chi connectivity index (χ1v) is 7.04. The minimum absolute atomic E-state index is 0.240. The van der Waals surface area contributed by atoms with Gasteiger partial charge in [-0.15, -0.1) is 0 Å². The van der Waals surface area contributed by atoms with Crippen molar-refractivity contribution in [3.8, 4) is 0 Å². The van der Waals surface area contributed by atoms with Gasteiger partial charge >= 0.3 is 6.09 Å². The number of likely N-dealkylation sites (tertiary alicyclic amines) is 1. The number of aliphatic hydroxyl groups is 1. The number of β-amino-alcohol motifs (C(OH)–C–C–N with tert-alkyl or cyclic N) is 1. The summed E-state index contributed by atoms with van der Waals surface area (Å²) in [6.45, 7) is 6.20. The molecule has 0 saturated carbocycles. The standard InChI is InChI=1S/C15H20ClNO3/c1-14(2,3)20-13(18)17-9-8-15(19,10-17)11-4-6-12(16)7-5-11/h4-7,19H,8-10H2,1-3H3/t15-/m1/s1. The lowest BCUT2D eigenvalue weighted by Crippen LogP contribution is -2.38. The van der Waals surface area contributed by atoms with Crippen LogP contribution >= 0.6 is 11.6 Å². The zero-order chi connectivity index (χ0) is 15.0. The Morgan fingerprint density at radius 2 is 1.95 bits per heavy atom. The summed E-state index contributed by atoms with van der Waals surface area (Å²) in [5.74, 6) is 0. The van der Waals surface area contributed by atoms with Crippen molar-refractivity contribution in [1.29, 1.82) is 0 Å². The molecule has 1 N–H and O–H groups in total. The van der Waals surface area contributed by atoms with Gasteiger partial charge in [-0.25, -0.2) is 4.79 Å². The zero-order valence-corrected chi connectivity index (χ0v) is 12.8. The molecule has 0 spiro atoms. The van der Waals surface area contributed by atoms with Crippen LogP contribution in [0.3, 0.4) is 0 Å². The van der Waals surface area contributed by atoms with Gasteiger partial charge in [-0.1, -0.05) is 23.7 Å². The number of amides is 1. The van der Waals surface area contributed by atoms with Crippen molar-refractivity contribution >= 4 is 17.7 Å². The molecule has 1 aromatic rings. The molecule has 0 radical (unpaired) electrons. The molecule has 1 saturated heterocycles. The van der Waals surface area contributed by atoms with Gasteiger partial charge < -0.3 is 14.7 Å². The minimum Gasteiger partial charge on any atom is -0.444 e. The Morgan fingerprint density at radius 1 is 1.35 bits per heavy atom. The number of hydrogen-bond acceptors (Lipinski definition) is 3. The summed E-state index contributed by atoms with van der Waals surface area (Å²) >= 11 is 5.85. The third-order valence-electron chi connectivity index (χ3n) is 3.28. The summed E-state index contributed by atoms with van der Waals surface area (Å²) in [6.07, 6.45) is 0.107. The van der Waals surface area contributed by atoms with Crippen molar-refractivity contribution in [2.45, 2.75) is 38.4 Å². The van der Waals surface area contributed by atoms with E-state index in [0.717, 1.165) is 5.56 Å². The summed E-state index contributed by atoms with van der Waals surface area (Å²) in [6, 6.07) is 7.07. The number of rotatable bonds is 1. The Hall–Kier alpha value is -1.26. The molecule has 0 bridgehead atoms. The van der Waals surface area contributed by atoms with Crippen molar-refractivity contribution in [1.82, 2.24) is 4.90 Å². The highest BCUT2D eigenvalue weighted by Gasteiger charge is 2.40. The van der Waals surface area contributed by atoms with Crippen LogP contribution in [0.25, 0.3) is 0 Å². The summed E-state index contributed by atoms with van der Waals surface area (Å²) in [5.41, 5.74) is -0.785. The molecule has 1 heterocycles. The van der Waals surface area contributed by atoms with Crippen molar-refractivity contribution < 1.29 is 14.6 Å². The van der Waals surface area contributed by atoms with E-state index in [4.69, 9.17) is 16.3 Å². The lowest BCUT2D eigenvalue weighted by Gasteiger charge is -2.26. The normalized spacial score (nSPS) is 22.9. The molecule has 1 fully saturated rings. The van der Waals surface area contributed by atoms with E-state index in [0.29, 0.717) is 18.0 Å². The second-order valence-electron chi connectivity index (χ2n) is 6.19. The Balaban J connectivity index is 2.07. The van der Waals surface area contributed by atoms with E-state index in [1.807, 2.05) is 20.8 Å². The number of carbonyl (C=O) groups is 1. The van der Waals surface area contributed by atoms with Crippen LogP contribution in [0.15, 0.2) is 24.3 Å². The highest BCUT2D eigenvalue weighted by atomic mass is 35.5. The van der Waals surface area contributed by atoms with E-state index in [-0.39, 0.29) is 12.6 Å². The van der Waals surface area contributed by atoms with Gasteiger partial charge in [-0.3, -0.25) is 0 Å². The van der Waals surface area contributed by atoms with E-state index in [9.17, 15) is 9.90 Å². The van der Waals surface area contributed by atoms with Crippen LogP contribution in [0, 0.1) is 0 Å². The molecule has 1 aromatic carbocycles. The summed E-state index contributed by atoms with van der Waals surface area (Å²) in [5, 5.41) is 11.3. The van der Waals surface area contributed by atoms with E-state index >= 15 is 0 Å². The van der Waals surface area contributed by atoms with Gasteiger partial charge in [-0.2, -0.15) is 0 Å². The number of carbonyl (C=O) groups excluding carboxylic acids is 1. The smallest absolute Gasteiger partial charge is 0.410 e. The van der Waals surface area contributed by atoms with Gasteiger partial charge in [-0.05, 0) is 44.9 Å². The molecule has 1 aliphatic rings. The number of ether oxygens (including phenoxy) is 1. The Morgan fingerprint density at radius 3 is 2.50 bits per heavy atom. The molecule has 0 aliphatic carbocycles. The monoisotopic (exact) mass is 297 g/mol. The van der Waals surface area contributed by atoms with Crippen molar-refractivity contribution in [2.75, 3.05) is 13.1 Å². The van der Waals surface area contributed by atoms with Gasteiger partial charge in [0.25, 0.3) is 0 Å². The average molecular weight is 298 g/mol. The molecular formula is C15H20ClNO3. The Bertz CT molecular complexity index is 495. The summed E-state index contributed by atoms with van der Waals surface area (Å²) in [7, 11) is 0. The van der Waals surface area contributed by atoms with Gasteiger partial charge in [0.15, 0.2) is 0 Å². The Kier molecular flexibility index (Phi) is 3.98. The molecule has 0 unspecified atom stereocenters. The Labute approximate surface area is 124 Å². The number of hydrogen-bond donors (Lipinski definition) is 1. The number of halogens is 1. The van der Waals surface area contributed by atoms with Crippen LogP contribution in [-0.4, -0.2) is 34.8 Å². The first-order chi connectivity index (χ1) is 9.20. The maximum atomic E-state index is 12.0. The molecular weight excluding hydrogens is 278 g/mol. The summed E-state index contributed by atoms with van der Waals surface area (Å²) < 4.78 is 5.32. The van der Waals surface area contributed by atoms with Crippen LogP contribution in [0.1, 0.15) is 32.8 Å². The predicted molar refractivity (Wildman–Crippen MR) is 77.8 cm³/mol. The topological polar surface area (TPSA) is 49.8 Å². The fraction of sp³-hybridized carbons (Fsp3) is 0.533. The third kappa shape index (κ3) is 3.44. The highest BCUT2D eigenvalue weighted by Crippen LogP contribution is 2.33. The zero-order valence-electron chi connectivity index (χ0n) is 12.0. The molecule has 5 heteroatoms. The van der Waals surface area contributed by atoms with Crippen molar-refractivity contribution in [2.24, 2.45) is 0 Å². The minimum atomic E-state index is -1.03. The molecule has 4 nitrogen and oxygen atoms in total. The lowest BCUT2D eigenvalue weighted by molar-refractivity contribution is 0.0140. The first-order valence-electron chi connectivity index (χ1n) is 6.66. The fourth-order valence-corrected chi connectivity index (χ4v) is 2.40. The van der Waals surface area contributed by atoms with Crippen LogP contribution < -0.4 is 0 Å². The van der Waals surface area contributed by atoms with Gasteiger partial charge in [0.2, 0.25) is 0 Å². The van der Waals surface area contributed by atoms with Crippen LogP contribution in [-0.2, 0) is 10.3 Å². The molecule has 1 amide bonds. The molecule has 1 atom stereocenters. The quantitative estimate of drug-likeness (QED) is 0.866. The van der Waals surface area contributed by atoms with Gasteiger partial charge in [0.1, 0.15) is 11.2 Å². The van der Waals surface area contributed by atoms with E-state index < -0.39 is 11.2 Å². The highest BCUT2D eigenvalue weighted by molar-refractivity contribution is 6.30. The second kappa shape index (κ2) is 5.26.